The predicted molar refractivity (Wildman–Crippen MR) is 89.6 cm³/mol. The van der Waals surface area contributed by atoms with Gasteiger partial charge in [-0.25, -0.2) is 0 Å². The number of ether oxygens (including phenoxy) is 1. The lowest BCUT2D eigenvalue weighted by Crippen LogP contribution is -2.27. The molecule has 0 aliphatic heterocycles. The van der Waals surface area contributed by atoms with Crippen molar-refractivity contribution in [2.24, 2.45) is 23.2 Å². The summed E-state index contributed by atoms with van der Waals surface area (Å²) in [5.41, 5.74) is 1.09. The topological polar surface area (TPSA) is 90.9 Å². The van der Waals surface area contributed by atoms with Crippen LogP contribution in [0.1, 0.15) is 46.0 Å². The maximum absolute atomic E-state index is 12.4. The largest absolute Gasteiger partial charge is 0.461 e. The van der Waals surface area contributed by atoms with E-state index < -0.39 is 11.4 Å². The molecule has 1 saturated carbocycles. The van der Waals surface area contributed by atoms with Crippen molar-refractivity contribution >= 4 is 11.8 Å². The predicted octanol–water partition coefficient (Wildman–Crippen LogP) is 3.23. The molecule has 3 unspecified atom stereocenters. The Hall–Kier alpha value is -2.40. The number of allylic oxidation sites excluding steroid dienone is 3. The minimum Gasteiger partial charge on any atom is -0.461 e. The number of hydrogen-bond acceptors (Lipinski definition) is 5. The number of nitriles is 2. The van der Waals surface area contributed by atoms with Gasteiger partial charge in [-0.1, -0.05) is 18.6 Å². The number of nitrogens with zero attached hydrogens (tertiary/aromatic N) is 2. The fraction of sp³-hybridized carbons (Fsp3) is 0.600. The van der Waals surface area contributed by atoms with Crippen molar-refractivity contribution in [3.8, 4) is 12.1 Å². The molecule has 3 aliphatic rings. The Balaban J connectivity index is 2.06. The quantitative estimate of drug-likeness (QED) is 0.569. The molecule has 1 fully saturated rings. The fourth-order valence-corrected chi connectivity index (χ4v) is 4.63. The van der Waals surface area contributed by atoms with E-state index in [-0.39, 0.29) is 30.6 Å². The standard InChI is InChI=1S/C20H22N2O3/c1-12-3-4-18-15(5-12)6-14-7-19(24)17(9-25-13(2)23)16(14)8-20(18,10-21)11-22/h4,12,14-15H,3,5-9H2,1-2H3. The van der Waals surface area contributed by atoms with Crippen molar-refractivity contribution in [1.82, 2.24) is 0 Å². The van der Waals surface area contributed by atoms with Crippen LogP contribution in [0, 0.1) is 45.8 Å². The summed E-state index contributed by atoms with van der Waals surface area (Å²) in [7, 11) is 0. The van der Waals surface area contributed by atoms with E-state index in [1.54, 1.807) is 0 Å². The Kier molecular flexibility index (Phi) is 4.52. The maximum atomic E-state index is 12.4. The minimum atomic E-state index is -1.21. The first-order valence-corrected chi connectivity index (χ1v) is 8.81. The average molecular weight is 338 g/mol. The number of fused-ring (bicyclic) bond motifs is 2. The zero-order chi connectivity index (χ0) is 18.2. The highest BCUT2D eigenvalue weighted by Gasteiger charge is 2.48. The first kappa shape index (κ1) is 17.4. The number of carbonyl (C=O) groups is 2. The van der Waals surface area contributed by atoms with Crippen molar-refractivity contribution < 1.29 is 14.3 Å². The molecule has 0 saturated heterocycles. The van der Waals surface area contributed by atoms with Gasteiger partial charge < -0.3 is 4.74 Å². The van der Waals surface area contributed by atoms with Gasteiger partial charge in [0.1, 0.15) is 6.61 Å². The summed E-state index contributed by atoms with van der Waals surface area (Å²) >= 11 is 0. The van der Waals surface area contributed by atoms with E-state index >= 15 is 0 Å². The van der Waals surface area contributed by atoms with Crippen LogP contribution in [0.15, 0.2) is 22.8 Å². The van der Waals surface area contributed by atoms with Gasteiger partial charge in [0.15, 0.2) is 11.2 Å². The van der Waals surface area contributed by atoms with Gasteiger partial charge in [-0.15, -0.1) is 0 Å². The van der Waals surface area contributed by atoms with Gasteiger partial charge in [-0.3, -0.25) is 9.59 Å². The van der Waals surface area contributed by atoms with Crippen molar-refractivity contribution in [2.45, 2.75) is 46.0 Å². The molecule has 3 rings (SSSR count). The van der Waals surface area contributed by atoms with Crippen LogP contribution in [0.5, 0.6) is 0 Å². The van der Waals surface area contributed by atoms with Crippen molar-refractivity contribution in [3.05, 3.63) is 22.8 Å². The maximum Gasteiger partial charge on any atom is 0.302 e. The number of Topliss-reactive ketones (excluding diaryl/α,β-unsaturated/α-hetero) is 1. The second kappa shape index (κ2) is 6.48. The van der Waals surface area contributed by atoms with E-state index in [0.717, 1.165) is 30.4 Å². The van der Waals surface area contributed by atoms with Gasteiger partial charge in [0.25, 0.3) is 0 Å². The van der Waals surface area contributed by atoms with Gasteiger partial charge >= 0.3 is 5.97 Å². The molecule has 0 amide bonds. The highest BCUT2D eigenvalue weighted by atomic mass is 16.5. The zero-order valence-corrected chi connectivity index (χ0v) is 14.7. The molecule has 3 atom stereocenters. The van der Waals surface area contributed by atoms with Crippen LogP contribution in [0.4, 0.5) is 0 Å². The lowest BCUT2D eigenvalue weighted by atomic mass is 9.68. The lowest BCUT2D eigenvalue weighted by Gasteiger charge is -2.32. The number of ketones is 1. The summed E-state index contributed by atoms with van der Waals surface area (Å²) in [6.45, 7) is 3.44. The van der Waals surface area contributed by atoms with E-state index in [0.29, 0.717) is 17.9 Å². The number of carbonyl (C=O) groups excluding carboxylic acids is 2. The molecule has 0 spiro atoms. The first-order valence-electron chi connectivity index (χ1n) is 8.81. The summed E-state index contributed by atoms with van der Waals surface area (Å²) in [5.74, 6) is 0.302. The van der Waals surface area contributed by atoms with Crippen LogP contribution in [-0.4, -0.2) is 18.4 Å². The van der Waals surface area contributed by atoms with Gasteiger partial charge in [0, 0.05) is 25.3 Å². The number of rotatable bonds is 2. The second-order valence-electron chi connectivity index (χ2n) is 7.58. The summed E-state index contributed by atoms with van der Waals surface area (Å²) < 4.78 is 5.06. The summed E-state index contributed by atoms with van der Waals surface area (Å²) in [5, 5.41) is 19.7. The molecule has 3 aliphatic carbocycles. The van der Waals surface area contributed by atoms with Gasteiger partial charge in [0.05, 0.1) is 12.1 Å². The number of hydrogen-bond donors (Lipinski definition) is 0. The molecular formula is C20H22N2O3. The van der Waals surface area contributed by atoms with E-state index in [9.17, 15) is 20.1 Å². The van der Waals surface area contributed by atoms with Crippen LogP contribution in [0.25, 0.3) is 0 Å². The molecule has 5 heteroatoms. The monoisotopic (exact) mass is 338 g/mol. The van der Waals surface area contributed by atoms with Crippen LogP contribution >= 0.6 is 0 Å². The van der Waals surface area contributed by atoms with Crippen molar-refractivity contribution in [1.29, 1.82) is 10.5 Å². The molecule has 0 aromatic rings. The van der Waals surface area contributed by atoms with E-state index in [1.165, 1.54) is 6.92 Å². The molecule has 0 bridgehead atoms. The van der Waals surface area contributed by atoms with Gasteiger partial charge in [0.2, 0.25) is 0 Å². The van der Waals surface area contributed by atoms with Crippen LogP contribution in [0.3, 0.4) is 0 Å². The summed E-state index contributed by atoms with van der Waals surface area (Å²) in [6.07, 6.45) is 5.38. The molecule has 0 aromatic carbocycles. The van der Waals surface area contributed by atoms with Gasteiger partial charge in [-0.2, -0.15) is 10.5 Å². The normalized spacial score (nSPS) is 30.3. The highest BCUT2D eigenvalue weighted by molar-refractivity contribution is 5.99. The first-order chi connectivity index (χ1) is 11.9. The minimum absolute atomic E-state index is 0.0117. The molecule has 0 N–H and O–H groups in total. The van der Waals surface area contributed by atoms with E-state index in [1.807, 2.05) is 0 Å². The Morgan fingerprint density at radius 2 is 2.04 bits per heavy atom. The SMILES string of the molecule is CC(=O)OCC1=C2CC(C#N)(C#N)C3=CCC(C)CC3CC2CC1=O. The molecule has 5 nitrogen and oxygen atoms in total. The summed E-state index contributed by atoms with van der Waals surface area (Å²) in [4.78, 5) is 23.6. The van der Waals surface area contributed by atoms with Gasteiger partial charge in [-0.05, 0) is 42.6 Å². The third-order valence-corrected chi connectivity index (χ3v) is 5.83. The van der Waals surface area contributed by atoms with Crippen LogP contribution < -0.4 is 0 Å². The van der Waals surface area contributed by atoms with Crippen molar-refractivity contribution in [3.63, 3.8) is 0 Å². The highest BCUT2D eigenvalue weighted by Crippen LogP contribution is 2.53. The third-order valence-electron chi connectivity index (χ3n) is 5.83. The molecular weight excluding hydrogens is 316 g/mol. The molecule has 0 aromatic heterocycles. The zero-order valence-electron chi connectivity index (χ0n) is 14.7. The Labute approximate surface area is 147 Å². The Bertz CT molecular complexity index is 749. The third kappa shape index (κ3) is 3.00. The van der Waals surface area contributed by atoms with Crippen LogP contribution in [-0.2, 0) is 14.3 Å². The Morgan fingerprint density at radius 3 is 2.68 bits per heavy atom. The molecule has 130 valence electrons. The fourth-order valence-electron chi connectivity index (χ4n) is 4.63. The summed E-state index contributed by atoms with van der Waals surface area (Å²) in [6, 6.07) is 4.50. The number of esters is 1. The lowest BCUT2D eigenvalue weighted by molar-refractivity contribution is -0.140. The Morgan fingerprint density at radius 1 is 1.32 bits per heavy atom. The average Bonchev–Trinajstić information content (AvgIpc) is 2.78. The molecule has 0 heterocycles. The smallest absolute Gasteiger partial charge is 0.302 e. The van der Waals surface area contributed by atoms with Crippen molar-refractivity contribution in [2.75, 3.05) is 6.61 Å². The van der Waals surface area contributed by atoms with Crippen LogP contribution in [0.2, 0.25) is 0 Å². The second-order valence-corrected chi connectivity index (χ2v) is 7.58. The van der Waals surface area contributed by atoms with E-state index in [2.05, 4.69) is 25.1 Å². The molecule has 0 radical (unpaired) electrons. The molecule has 25 heavy (non-hydrogen) atoms. The van der Waals surface area contributed by atoms with E-state index in [4.69, 9.17) is 4.74 Å².